The number of carbonyl (C=O) groups is 3. The van der Waals surface area contributed by atoms with Crippen LogP contribution in [0.25, 0.3) is 0 Å². The third-order valence-electron chi connectivity index (χ3n) is 8.91. The Morgan fingerprint density at radius 1 is 1.05 bits per heavy atom. The Morgan fingerprint density at radius 2 is 1.81 bits per heavy atom. The monoisotopic (exact) mass is 588 g/mol. The van der Waals surface area contributed by atoms with E-state index in [2.05, 4.69) is 33.0 Å². The second-order valence-electron chi connectivity index (χ2n) is 11.9. The Labute approximate surface area is 254 Å². The van der Waals surface area contributed by atoms with Crippen molar-refractivity contribution in [3.8, 4) is 5.75 Å². The first kappa shape index (κ1) is 30.8. The van der Waals surface area contributed by atoms with E-state index < -0.39 is 11.5 Å². The van der Waals surface area contributed by atoms with Crippen LogP contribution in [0.3, 0.4) is 0 Å². The van der Waals surface area contributed by atoms with Gasteiger partial charge in [0.1, 0.15) is 11.8 Å². The number of piperidine rings is 1. The lowest BCUT2D eigenvalue weighted by Gasteiger charge is -2.40. The summed E-state index contributed by atoms with van der Waals surface area (Å²) in [6.07, 6.45) is 8.09. The molecular weight excluding hydrogens is 544 g/mol. The maximum atomic E-state index is 13.8. The van der Waals surface area contributed by atoms with Gasteiger partial charge in [0.15, 0.2) is 0 Å². The lowest BCUT2D eigenvalue weighted by Crippen LogP contribution is -2.58. The molecular formula is C34H44N4O5. The normalized spacial score (nSPS) is 25.3. The van der Waals surface area contributed by atoms with Crippen LogP contribution in [-0.4, -0.2) is 74.2 Å². The molecule has 0 radical (unpaired) electrons. The van der Waals surface area contributed by atoms with Gasteiger partial charge < -0.3 is 25.4 Å². The molecule has 0 aliphatic carbocycles. The fourth-order valence-electron chi connectivity index (χ4n) is 6.40. The van der Waals surface area contributed by atoms with Gasteiger partial charge in [0.2, 0.25) is 17.7 Å². The van der Waals surface area contributed by atoms with Gasteiger partial charge in [0, 0.05) is 44.5 Å². The van der Waals surface area contributed by atoms with Crippen LogP contribution >= 0.6 is 0 Å². The zero-order valence-corrected chi connectivity index (χ0v) is 25.1. The van der Waals surface area contributed by atoms with Crippen LogP contribution in [0.15, 0.2) is 66.7 Å². The smallest absolute Gasteiger partial charge is 0.243 e. The molecule has 0 bridgehead atoms. The number of hydrogen-bond acceptors (Lipinski definition) is 6. The first-order valence-corrected chi connectivity index (χ1v) is 15.6. The van der Waals surface area contributed by atoms with E-state index in [-0.39, 0.29) is 36.2 Å². The number of hydrogen-bond donors (Lipinski definition) is 3. The molecule has 9 heteroatoms. The second kappa shape index (κ2) is 14.7. The van der Waals surface area contributed by atoms with Crippen LogP contribution in [0.5, 0.6) is 5.75 Å². The van der Waals surface area contributed by atoms with E-state index in [0.29, 0.717) is 58.6 Å². The molecule has 2 aromatic rings. The zero-order chi connectivity index (χ0) is 30.1. The van der Waals surface area contributed by atoms with Crippen molar-refractivity contribution in [1.29, 1.82) is 0 Å². The predicted molar refractivity (Wildman–Crippen MR) is 166 cm³/mol. The van der Waals surface area contributed by atoms with Crippen LogP contribution in [0, 0.1) is 11.3 Å². The van der Waals surface area contributed by atoms with E-state index in [9.17, 15) is 14.4 Å². The number of ether oxygens (including phenoxy) is 2. The first-order valence-electron chi connectivity index (χ1n) is 15.6. The lowest BCUT2D eigenvalue weighted by atomic mass is 9.75. The standard InChI is InChI=1S/C34H44N4O5/c1-2-43-28-13-11-27(12-14-28)35-31(39)24-38-19-15-29-26(23-38)10-6-7-16-34(17-20-42-21-18-34)33(41)37-30(32(40)36-29)22-25-8-4-3-5-9-25/h3-9,11-14,26,29-30H,2,10,15-24H2,1H3,(H,35,39)(H,36,40)(H,37,41)/b7-6+/t26-,29+,30-/m0/s1. The SMILES string of the molecule is CCOc1ccc(NC(=O)CN2CC[C@H]3NC(=O)[C@H](Cc4ccccc4)NC(=O)C4(C/C=C/C[C@H]3C2)CCOCC4)cc1. The number of rotatable bonds is 7. The second-order valence-corrected chi connectivity index (χ2v) is 11.9. The van der Waals surface area contributed by atoms with Crippen molar-refractivity contribution < 1.29 is 23.9 Å². The van der Waals surface area contributed by atoms with E-state index in [1.54, 1.807) is 0 Å². The van der Waals surface area contributed by atoms with Crippen LogP contribution in [0.1, 0.15) is 44.6 Å². The minimum atomic E-state index is -0.670. The molecule has 3 amide bonds. The van der Waals surface area contributed by atoms with Crippen LogP contribution in [-0.2, 0) is 25.5 Å². The topological polar surface area (TPSA) is 109 Å². The van der Waals surface area contributed by atoms with Crippen molar-refractivity contribution in [2.24, 2.45) is 11.3 Å². The summed E-state index contributed by atoms with van der Waals surface area (Å²) in [6, 6.07) is 16.5. The van der Waals surface area contributed by atoms with Gasteiger partial charge in [0.25, 0.3) is 0 Å². The van der Waals surface area contributed by atoms with Gasteiger partial charge in [-0.05, 0) is 74.8 Å². The molecule has 3 aliphatic rings. The minimum Gasteiger partial charge on any atom is -0.494 e. The van der Waals surface area contributed by atoms with Crippen LogP contribution in [0.2, 0.25) is 0 Å². The highest BCUT2D eigenvalue weighted by atomic mass is 16.5. The average Bonchev–Trinajstić information content (AvgIpc) is 3.01. The van der Waals surface area contributed by atoms with Crippen molar-refractivity contribution >= 4 is 23.4 Å². The molecule has 0 saturated carbocycles. The summed E-state index contributed by atoms with van der Waals surface area (Å²) in [5, 5.41) is 9.43. The third kappa shape index (κ3) is 8.24. The fraction of sp³-hybridized carbons (Fsp3) is 0.500. The number of fused-ring (bicyclic) bond motifs is 1. The molecule has 2 saturated heterocycles. The van der Waals surface area contributed by atoms with Gasteiger partial charge >= 0.3 is 0 Å². The summed E-state index contributed by atoms with van der Waals surface area (Å²) in [7, 11) is 0. The van der Waals surface area contributed by atoms with E-state index in [1.807, 2.05) is 61.5 Å². The molecule has 2 aromatic carbocycles. The number of anilines is 1. The molecule has 3 heterocycles. The predicted octanol–water partition coefficient (Wildman–Crippen LogP) is 3.70. The Balaban J connectivity index is 1.28. The summed E-state index contributed by atoms with van der Waals surface area (Å²) in [5.74, 6) is 0.629. The molecule has 9 nitrogen and oxygen atoms in total. The van der Waals surface area contributed by atoms with Gasteiger partial charge in [-0.15, -0.1) is 0 Å². The maximum Gasteiger partial charge on any atom is 0.243 e. The van der Waals surface area contributed by atoms with Gasteiger partial charge in [-0.3, -0.25) is 19.3 Å². The number of nitrogens with one attached hydrogen (secondary N) is 3. The molecule has 43 heavy (non-hydrogen) atoms. The van der Waals surface area contributed by atoms with Gasteiger partial charge in [-0.25, -0.2) is 0 Å². The molecule has 3 atom stereocenters. The number of amides is 3. The van der Waals surface area contributed by atoms with E-state index >= 15 is 0 Å². The Kier molecular flexibility index (Phi) is 10.5. The zero-order valence-electron chi connectivity index (χ0n) is 25.1. The average molecular weight is 589 g/mol. The summed E-state index contributed by atoms with van der Waals surface area (Å²) < 4.78 is 11.1. The number of nitrogens with zero attached hydrogens (tertiary/aromatic N) is 1. The maximum absolute atomic E-state index is 13.8. The highest BCUT2D eigenvalue weighted by Crippen LogP contribution is 2.36. The van der Waals surface area contributed by atoms with Crippen molar-refractivity contribution in [2.45, 2.75) is 57.5 Å². The Bertz CT molecular complexity index is 1260. The highest BCUT2D eigenvalue weighted by Gasteiger charge is 2.41. The Hall–Kier alpha value is -3.69. The number of carbonyl (C=O) groups excluding carboxylic acids is 3. The molecule has 3 N–H and O–H groups in total. The quantitative estimate of drug-likeness (QED) is 0.426. The highest BCUT2D eigenvalue weighted by molar-refractivity contribution is 5.92. The molecule has 3 aliphatic heterocycles. The number of allylic oxidation sites excluding steroid dienone is 2. The molecule has 0 aromatic heterocycles. The van der Waals surface area contributed by atoms with Crippen molar-refractivity contribution in [1.82, 2.24) is 15.5 Å². The number of likely N-dealkylation sites (tertiary alicyclic amines) is 1. The summed E-state index contributed by atoms with van der Waals surface area (Å²) in [4.78, 5) is 42.6. The largest absolute Gasteiger partial charge is 0.494 e. The first-order chi connectivity index (χ1) is 20.9. The third-order valence-corrected chi connectivity index (χ3v) is 8.91. The summed E-state index contributed by atoms with van der Waals surface area (Å²) >= 11 is 0. The molecule has 230 valence electrons. The van der Waals surface area contributed by atoms with Crippen molar-refractivity contribution in [3.63, 3.8) is 0 Å². The lowest BCUT2D eigenvalue weighted by molar-refractivity contribution is -0.140. The molecule has 5 rings (SSSR count). The molecule has 2 fully saturated rings. The van der Waals surface area contributed by atoms with E-state index in [4.69, 9.17) is 9.47 Å². The Morgan fingerprint density at radius 3 is 2.56 bits per heavy atom. The molecule has 0 unspecified atom stereocenters. The van der Waals surface area contributed by atoms with Gasteiger partial charge in [0.05, 0.1) is 18.6 Å². The molecule has 1 spiro atoms. The van der Waals surface area contributed by atoms with Crippen molar-refractivity contribution in [3.05, 3.63) is 72.3 Å². The number of benzene rings is 2. The van der Waals surface area contributed by atoms with Crippen molar-refractivity contribution in [2.75, 3.05) is 44.8 Å². The van der Waals surface area contributed by atoms with Crippen LogP contribution in [0.4, 0.5) is 5.69 Å². The van der Waals surface area contributed by atoms with Gasteiger partial charge in [-0.2, -0.15) is 0 Å². The summed E-state index contributed by atoms with van der Waals surface area (Å²) in [5.41, 5.74) is 1.15. The van der Waals surface area contributed by atoms with E-state index in [0.717, 1.165) is 29.8 Å². The minimum absolute atomic E-state index is 0.0470. The van der Waals surface area contributed by atoms with Gasteiger partial charge in [-0.1, -0.05) is 42.5 Å². The fourth-order valence-corrected chi connectivity index (χ4v) is 6.40. The van der Waals surface area contributed by atoms with Crippen LogP contribution < -0.4 is 20.7 Å². The van der Waals surface area contributed by atoms with E-state index in [1.165, 1.54) is 0 Å². The summed E-state index contributed by atoms with van der Waals surface area (Å²) in [6.45, 7) is 5.28.